The van der Waals surface area contributed by atoms with Crippen molar-refractivity contribution in [2.45, 2.75) is 13.5 Å². The van der Waals surface area contributed by atoms with Crippen LogP contribution in [0.4, 0.5) is 0 Å². The van der Waals surface area contributed by atoms with Crippen LogP contribution in [0.25, 0.3) is 11.4 Å². The van der Waals surface area contributed by atoms with E-state index in [-0.39, 0.29) is 5.56 Å². The van der Waals surface area contributed by atoms with Crippen molar-refractivity contribution < 1.29 is 4.79 Å². The second-order valence-electron chi connectivity index (χ2n) is 5.96. The van der Waals surface area contributed by atoms with Gasteiger partial charge >= 0.3 is 0 Å². The second kappa shape index (κ2) is 6.72. The summed E-state index contributed by atoms with van der Waals surface area (Å²) in [4.78, 5) is 37.4. The average molecular weight is 337 g/mol. The number of rotatable bonds is 4. The molecule has 7 heteroatoms. The Morgan fingerprint density at radius 1 is 1.24 bits per heavy atom. The quantitative estimate of drug-likeness (QED) is 0.786. The van der Waals surface area contributed by atoms with Gasteiger partial charge in [0.2, 0.25) is 0 Å². The normalized spacial score (nSPS) is 10.7. The van der Waals surface area contributed by atoms with Crippen molar-refractivity contribution in [2.24, 2.45) is 7.05 Å². The topological polar surface area (TPSA) is 83.9 Å². The van der Waals surface area contributed by atoms with Crippen LogP contribution in [0.15, 0.2) is 47.7 Å². The molecule has 25 heavy (non-hydrogen) atoms. The maximum absolute atomic E-state index is 12.5. The molecule has 3 aromatic rings. The number of carbonyl (C=O) groups is 1. The number of carbonyl (C=O) groups excluding carboxylic acids is 1. The molecular weight excluding hydrogens is 318 g/mol. The second-order valence-corrected chi connectivity index (χ2v) is 5.96. The van der Waals surface area contributed by atoms with Crippen molar-refractivity contribution in [3.05, 3.63) is 70.2 Å². The van der Waals surface area contributed by atoms with Crippen LogP contribution in [0.1, 0.15) is 21.7 Å². The number of aromatic amines is 1. The number of hydrogen-bond acceptors (Lipinski definition) is 4. The van der Waals surface area contributed by atoms with E-state index in [2.05, 4.69) is 15.0 Å². The first-order valence-electron chi connectivity index (χ1n) is 7.83. The Hall–Kier alpha value is -3.22. The highest BCUT2D eigenvalue weighted by molar-refractivity contribution is 5.93. The molecule has 0 atom stereocenters. The maximum atomic E-state index is 12.5. The Morgan fingerprint density at radius 2 is 1.96 bits per heavy atom. The number of imidazole rings is 1. The SMILES string of the molecule is Cc1ccc(-c2ncc(C(=O)N(C)Cc3nccn3C)c(=O)[nH]2)cc1. The van der Waals surface area contributed by atoms with E-state index in [1.54, 1.807) is 19.4 Å². The molecule has 128 valence electrons. The third-order valence-corrected chi connectivity index (χ3v) is 4.00. The molecule has 0 unspecified atom stereocenters. The van der Waals surface area contributed by atoms with Crippen molar-refractivity contribution >= 4 is 5.91 Å². The number of H-pyrrole nitrogens is 1. The molecule has 1 aromatic carbocycles. The fourth-order valence-electron chi connectivity index (χ4n) is 2.44. The van der Waals surface area contributed by atoms with E-state index >= 15 is 0 Å². The molecule has 0 bridgehead atoms. The molecule has 0 fully saturated rings. The minimum Gasteiger partial charge on any atom is -0.337 e. The van der Waals surface area contributed by atoms with Gasteiger partial charge in [-0.05, 0) is 6.92 Å². The molecular formula is C18H19N5O2. The first-order chi connectivity index (χ1) is 12.0. The summed E-state index contributed by atoms with van der Waals surface area (Å²) < 4.78 is 1.83. The lowest BCUT2D eigenvalue weighted by atomic mass is 10.1. The van der Waals surface area contributed by atoms with Gasteiger partial charge < -0.3 is 14.5 Å². The van der Waals surface area contributed by atoms with E-state index < -0.39 is 11.5 Å². The van der Waals surface area contributed by atoms with Crippen LogP contribution in [-0.2, 0) is 13.6 Å². The van der Waals surface area contributed by atoms with Crippen LogP contribution in [0.3, 0.4) is 0 Å². The lowest BCUT2D eigenvalue weighted by Gasteiger charge is -2.16. The van der Waals surface area contributed by atoms with Crippen LogP contribution in [0.2, 0.25) is 0 Å². The van der Waals surface area contributed by atoms with Gasteiger partial charge in [-0.2, -0.15) is 0 Å². The molecule has 0 spiro atoms. The largest absolute Gasteiger partial charge is 0.337 e. The summed E-state index contributed by atoms with van der Waals surface area (Å²) in [5.41, 5.74) is 1.46. The predicted octanol–water partition coefficient (Wildman–Crippen LogP) is 1.75. The summed E-state index contributed by atoms with van der Waals surface area (Å²) in [6.07, 6.45) is 4.79. The minimum absolute atomic E-state index is 0.00701. The molecule has 0 aliphatic carbocycles. The first kappa shape index (κ1) is 16.6. The zero-order valence-corrected chi connectivity index (χ0v) is 14.4. The Labute approximate surface area is 145 Å². The summed E-state index contributed by atoms with van der Waals surface area (Å²) in [6.45, 7) is 2.29. The van der Waals surface area contributed by atoms with Crippen LogP contribution in [-0.4, -0.2) is 37.4 Å². The minimum atomic E-state index is -0.456. The van der Waals surface area contributed by atoms with Gasteiger partial charge in [-0.25, -0.2) is 9.97 Å². The van der Waals surface area contributed by atoms with Crippen molar-refractivity contribution in [3.8, 4) is 11.4 Å². The number of aromatic nitrogens is 4. The standard InChI is InChI=1S/C18H19N5O2/c1-12-4-6-13(7-5-12)16-20-10-14(17(24)21-16)18(25)23(3)11-15-19-8-9-22(15)2/h4-10H,11H2,1-3H3,(H,20,21,24). The average Bonchev–Trinajstić information content (AvgIpc) is 2.99. The van der Waals surface area contributed by atoms with Crippen LogP contribution in [0.5, 0.6) is 0 Å². The lowest BCUT2D eigenvalue weighted by molar-refractivity contribution is 0.0778. The third-order valence-electron chi connectivity index (χ3n) is 4.00. The number of benzene rings is 1. The third kappa shape index (κ3) is 3.50. The summed E-state index contributed by atoms with van der Waals surface area (Å²) >= 11 is 0. The summed E-state index contributed by atoms with van der Waals surface area (Å²) in [5, 5.41) is 0. The summed E-state index contributed by atoms with van der Waals surface area (Å²) in [7, 11) is 3.48. The van der Waals surface area contributed by atoms with E-state index in [0.717, 1.165) is 17.0 Å². The zero-order valence-electron chi connectivity index (χ0n) is 14.4. The highest BCUT2D eigenvalue weighted by atomic mass is 16.2. The number of nitrogens with one attached hydrogen (secondary N) is 1. The van der Waals surface area contributed by atoms with E-state index in [4.69, 9.17) is 0 Å². The van der Waals surface area contributed by atoms with Crippen molar-refractivity contribution in [3.63, 3.8) is 0 Å². The van der Waals surface area contributed by atoms with Crippen LogP contribution < -0.4 is 5.56 Å². The number of amides is 1. The van der Waals surface area contributed by atoms with Crippen molar-refractivity contribution in [1.82, 2.24) is 24.4 Å². The lowest BCUT2D eigenvalue weighted by Crippen LogP contribution is -2.32. The van der Waals surface area contributed by atoms with E-state index in [1.165, 1.54) is 11.1 Å². The summed E-state index contributed by atoms with van der Waals surface area (Å²) in [6, 6.07) is 7.63. The highest BCUT2D eigenvalue weighted by Gasteiger charge is 2.18. The highest BCUT2D eigenvalue weighted by Crippen LogP contribution is 2.14. The molecule has 0 radical (unpaired) electrons. The van der Waals surface area contributed by atoms with Gasteiger partial charge in [0, 0.05) is 38.2 Å². The van der Waals surface area contributed by atoms with Crippen molar-refractivity contribution in [2.75, 3.05) is 7.05 Å². The maximum Gasteiger partial charge on any atom is 0.264 e. The van der Waals surface area contributed by atoms with E-state index in [9.17, 15) is 9.59 Å². The van der Waals surface area contributed by atoms with Gasteiger partial charge in [-0.1, -0.05) is 29.8 Å². The zero-order chi connectivity index (χ0) is 18.0. The van der Waals surface area contributed by atoms with Gasteiger partial charge in [0.1, 0.15) is 17.2 Å². The van der Waals surface area contributed by atoms with Gasteiger partial charge in [0.05, 0.1) is 6.54 Å². The van der Waals surface area contributed by atoms with Gasteiger partial charge in [-0.3, -0.25) is 9.59 Å². The molecule has 0 aliphatic rings. The van der Waals surface area contributed by atoms with E-state index in [0.29, 0.717) is 12.4 Å². The Morgan fingerprint density at radius 3 is 2.56 bits per heavy atom. The predicted molar refractivity (Wildman–Crippen MR) is 94.0 cm³/mol. The van der Waals surface area contributed by atoms with Crippen LogP contribution >= 0.6 is 0 Å². The molecule has 7 nitrogen and oxygen atoms in total. The Kier molecular flexibility index (Phi) is 4.47. The molecule has 0 saturated carbocycles. The van der Waals surface area contributed by atoms with Gasteiger partial charge in [0.25, 0.3) is 11.5 Å². The Balaban J connectivity index is 1.82. The smallest absolute Gasteiger partial charge is 0.264 e. The van der Waals surface area contributed by atoms with Gasteiger partial charge in [0.15, 0.2) is 0 Å². The molecule has 3 rings (SSSR count). The number of nitrogens with zero attached hydrogens (tertiary/aromatic N) is 4. The van der Waals surface area contributed by atoms with Crippen molar-refractivity contribution in [1.29, 1.82) is 0 Å². The molecule has 2 heterocycles. The first-order valence-corrected chi connectivity index (χ1v) is 7.83. The van der Waals surface area contributed by atoms with E-state index in [1.807, 2.05) is 42.8 Å². The molecule has 0 saturated heterocycles. The molecule has 1 N–H and O–H groups in total. The van der Waals surface area contributed by atoms with Gasteiger partial charge in [-0.15, -0.1) is 0 Å². The molecule has 2 aromatic heterocycles. The molecule has 1 amide bonds. The van der Waals surface area contributed by atoms with Crippen LogP contribution in [0, 0.1) is 6.92 Å². The number of aryl methyl sites for hydroxylation is 2. The Bertz CT molecular complexity index is 956. The fraction of sp³-hybridized carbons (Fsp3) is 0.222. The number of hydrogen-bond donors (Lipinski definition) is 1. The fourth-order valence-corrected chi connectivity index (χ4v) is 2.44. The monoisotopic (exact) mass is 337 g/mol. The molecule has 0 aliphatic heterocycles. The summed E-state index contributed by atoms with van der Waals surface area (Å²) in [5.74, 6) is 0.775.